The molecule has 3 aromatic heterocycles. The summed E-state index contributed by atoms with van der Waals surface area (Å²) in [4.78, 5) is 8.50. The molecule has 15 heteroatoms. The SMILES string of the molecule is COc1cccc(OC)c1-n1c(NS(=O)(=O)C(C)C(C)c2ncc(C)cn2)nnc1-c1ccn(C(F)F)n1. The zero-order valence-corrected chi connectivity index (χ0v) is 22.0. The van der Waals surface area contributed by atoms with Crippen LogP contribution in [0.4, 0.5) is 14.7 Å². The molecule has 1 N–H and O–H groups in total. The highest BCUT2D eigenvalue weighted by Gasteiger charge is 2.32. The molecule has 1 aromatic carbocycles. The average Bonchev–Trinajstić information content (AvgIpc) is 3.55. The standard InChI is InChI=1S/C23H26F2N8O4S/c1-13-11-26-20(27-12-13)14(2)15(3)38(34,35)31-23-29-28-21(16-9-10-32(30-16)22(24)25)33(23)19-17(36-4)7-6-8-18(19)37-5/h6-12,14-15,22H,1-5H3,(H,29,31). The lowest BCUT2D eigenvalue weighted by atomic mass is 10.1. The van der Waals surface area contributed by atoms with Crippen molar-refractivity contribution < 1.29 is 26.7 Å². The van der Waals surface area contributed by atoms with Crippen molar-refractivity contribution in [1.29, 1.82) is 0 Å². The first-order valence-corrected chi connectivity index (χ1v) is 12.9. The van der Waals surface area contributed by atoms with Crippen LogP contribution in [0.2, 0.25) is 0 Å². The van der Waals surface area contributed by atoms with E-state index in [4.69, 9.17) is 9.47 Å². The molecule has 0 bridgehead atoms. The fourth-order valence-electron chi connectivity index (χ4n) is 3.68. The molecule has 4 rings (SSSR count). The lowest BCUT2D eigenvalue weighted by Gasteiger charge is -2.21. The smallest absolute Gasteiger partial charge is 0.333 e. The van der Waals surface area contributed by atoms with Crippen molar-refractivity contribution >= 4 is 16.0 Å². The first-order chi connectivity index (χ1) is 18.1. The average molecular weight is 549 g/mol. The van der Waals surface area contributed by atoms with Gasteiger partial charge in [0.1, 0.15) is 28.7 Å². The Morgan fingerprint density at radius 2 is 1.63 bits per heavy atom. The van der Waals surface area contributed by atoms with E-state index in [9.17, 15) is 17.2 Å². The molecule has 0 aliphatic heterocycles. The van der Waals surface area contributed by atoms with Gasteiger partial charge in [-0.1, -0.05) is 13.0 Å². The third kappa shape index (κ3) is 5.14. The number of nitrogens with one attached hydrogen (secondary N) is 1. The normalized spacial score (nSPS) is 13.4. The van der Waals surface area contributed by atoms with Crippen molar-refractivity contribution in [2.45, 2.75) is 38.5 Å². The van der Waals surface area contributed by atoms with Gasteiger partial charge >= 0.3 is 6.55 Å². The van der Waals surface area contributed by atoms with Gasteiger partial charge in [-0.15, -0.1) is 10.2 Å². The summed E-state index contributed by atoms with van der Waals surface area (Å²) in [5.41, 5.74) is 1.10. The summed E-state index contributed by atoms with van der Waals surface area (Å²) in [6, 6.07) is 6.23. The number of alkyl halides is 2. The molecular formula is C23H26F2N8O4S. The van der Waals surface area contributed by atoms with Gasteiger partial charge in [-0.2, -0.15) is 13.9 Å². The Kier molecular flexibility index (Phi) is 7.57. The second kappa shape index (κ2) is 10.7. The molecule has 2 atom stereocenters. The van der Waals surface area contributed by atoms with Crippen LogP contribution in [0.25, 0.3) is 17.2 Å². The maximum atomic E-state index is 13.5. The van der Waals surface area contributed by atoms with Crippen LogP contribution in [0.5, 0.6) is 11.5 Å². The Morgan fingerprint density at radius 1 is 1.00 bits per heavy atom. The fourth-order valence-corrected chi connectivity index (χ4v) is 4.91. The minimum absolute atomic E-state index is 0.0191. The lowest BCUT2D eigenvalue weighted by molar-refractivity contribution is 0.0568. The van der Waals surface area contributed by atoms with Gasteiger partial charge in [0.15, 0.2) is 5.82 Å². The fraction of sp³-hybridized carbons (Fsp3) is 0.348. The number of methoxy groups -OCH3 is 2. The molecule has 0 fully saturated rings. The number of halogens is 2. The number of sulfonamides is 1. The molecule has 0 radical (unpaired) electrons. The molecule has 0 aliphatic rings. The van der Waals surface area contributed by atoms with E-state index in [1.54, 1.807) is 37.5 Å². The lowest BCUT2D eigenvalue weighted by Crippen LogP contribution is -2.31. The number of hydrogen-bond donors (Lipinski definition) is 1. The van der Waals surface area contributed by atoms with Gasteiger partial charge in [0.25, 0.3) is 0 Å². The van der Waals surface area contributed by atoms with Gasteiger partial charge in [0.05, 0.1) is 19.5 Å². The highest BCUT2D eigenvalue weighted by molar-refractivity contribution is 7.93. The highest BCUT2D eigenvalue weighted by Crippen LogP contribution is 2.38. The molecule has 2 unspecified atom stereocenters. The number of aromatic nitrogens is 7. The monoisotopic (exact) mass is 548 g/mol. The number of rotatable bonds is 10. The molecule has 0 saturated heterocycles. The van der Waals surface area contributed by atoms with Gasteiger partial charge in [0, 0.05) is 24.5 Å². The minimum atomic E-state index is -4.10. The maximum Gasteiger partial charge on any atom is 0.333 e. The van der Waals surface area contributed by atoms with Crippen molar-refractivity contribution in [3.8, 4) is 28.7 Å². The molecule has 0 spiro atoms. The van der Waals surface area contributed by atoms with Crippen molar-refractivity contribution in [3.05, 3.63) is 54.2 Å². The van der Waals surface area contributed by atoms with Crippen molar-refractivity contribution in [1.82, 2.24) is 34.5 Å². The Bertz CT molecular complexity index is 1500. The topological polar surface area (TPSA) is 139 Å². The zero-order valence-electron chi connectivity index (χ0n) is 21.2. The highest BCUT2D eigenvalue weighted by atomic mass is 32.2. The van der Waals surface area contributed by atoms with Crippen LogP contribution < -0.4 is 14.2 Å². The zero-order chi connectivity index (χ0) is 27.6. The summed E-state index contributed by atoms with van der Waals surface area (Å²) < 4.78 is 68.6. The third-order valence-electron chi connectivity index (χ3n) is 5.96. The molecule has 4 aromatic rings. The number of nitrogens with zero attached hydrogens (tertiary/aromatic N) is 7. The van der Waals surface area contributed by atoms with Crippen LogP contribution in [-0.4, -0.2) is 62.4 Å². The van der Waals surface area contributed by atoms with Crippen molar-refractivity contribution in [3.63, 3.8) is 0 Å². The van der Waals surface area contributed by atoms with Gasteiger partial charge in [-0.05, 0) is 37.6 Å². The van der Waals surface area contributed by atoms with Crippen molar-refractivity contribution in [2.75, 3.05) is 18.9 Å². The molecule has 12 nitrogen and oxygen atoms in total. The second-order valence-corrected chi connectivity index (χ2v) is 10.4. The van der Waals surface area contributed by atoms with Crippen molar-refractivity contribution in [2.24, 2.45) is 0 Å². The van der Waals surface area contributed by atoms with Gasteiger partial charge in [-0.3, -0.25) is 9.29 Å². The number of para-hydroxylation sites is 1. The first-order valence-electron chi connectivity index (χ1n) is 11.4. The minimum Gasteiger partial charge on any atom is -0.494 e. The predicted octanol–water partition coefficient (Wildman–Crippen LogP) is 3.58. The summed E-state index contributed by atoms with van der Waals surface area (Å²) in [6.45, 7) is 2.17. The quantitative estimate of drug-likeness (QED) is 0.315. The summed E-state index contributed by atoms with van der Waals surface area (Å²) in [6.07, 6.45) is 4.30. The van der Waals surface area contributed by atoms with Crippen LogP contribution in [0.15, 0.2) is 42.9 Å². The van der Waals surface area contributed by atoms with Crippen LogP contribution >= 0.6 is 0 Å². The number of aryl methyl sites for hydroxylation is 1. The Hall–Kier alpha value is -4.14. The van der Waals surface area contributed by atoms with Crippen LogP contribution in [-0.2, 0) is 10.0 Å². The van der Waals surface area contributed by atoms with E-state index in [2.05, 4.69) is 30.0 Å². The van der Waals surface area contributed by atoms with E-state index >= 15 is 0 Å². The molecule has 0 saturated carbocycles. The van der Waals surface area contributed by atoms with Gasteiger partial charge in [-0.25, -0.2) is 23.1 Å². The summed E-state index contributed by atoms with van der Waals surface area (Å²) >= 11 is 0. The summed E-state index contributed by atoms with van der Waals surface area (Å²) in [7, 11) is -1.26. The van der Waals surface area contributed by atoms with Crippen LogP contribution in [0, 0.1) is 6.92 Å². The molecule has 0 amide bonds. The van der Waals surface area contributed by atoms with E-state index < -0.39 is 27.7 Å². The molecular weight excluding hydrogens is 522 g/mol. The Labute approximate surface area is 217 Å². The molecule has 202 valence electrons. The maximum absolute atomic E-state index is 13.5. The number of ether oxygens (including phenoxy) is 2. The third-order valence-corrected chi connectivity index (χ3v) is 7.82. The molecule has 38 heavy (non-hydrogen) atoms. The van der Waals surface area contributed by atoms with Crippen LogP contribution in [0.1, 0.15) is 37.7 Å². The van der Waals surface area contributed by atoms with E-state index in [0.29, 0.717) is 10.5 Å². The second-order valence-electron chi connectivity index (χ2n) is 8.41. The largest absolute Gasteiger partial charge is 0.494 e. The Balaban J connectivity index is 1.82. The Morgan fingerprint density at radius 3 is 2.18 bits per heavy atom. The van der Waals surface area contributed by atoms with E-state index in [1.165, 1.54) is 31.8 Å². The summed E-state index contributed by atoms with van der Waals surface area (Å²) in [5.74, 6) is 0.110. The number of hydrogen-bond acceptors (Lipinski definition) is 9. The first kappa shape index (κ1) is 26.9. The van der Waals surface area contributed by atoms with Gasteiger partial charge in [0.2, 0.25) is 16.0 Å². The molecule has 3 heterocycles. The van der Waals surface area contributed by atoms with Crippen LogP contribution in [0.3, 0.4) is 0 Å². The van der Waals surface area contributed by atoms with E-state index in [1.807, 2.05) is 6.92 Å². The van der Waals surface area contributed by atoms with E-state index in [0.717, 1.165) is 11.8 Å². The molecule has 0 aliphatic carbocycles. The number of benzene rings is 1. The predicted molar refractivity (Wildman–Crippen MR) is 134 cm³/mol. The van der Waals surface area contributed by atoms with E-state index in [-0.39, 0.29) is 34.7 Å². The summed E-state index contributed by atoms with van der Waals surface area (Å²) in [5, 5.41) is 11.0. The number of anilines is 1. The van der Waals surface area contributed by atoms with Gasteiger partial charge < -0.3 is 9.47 Å².